The first-order valence-electron chi connectivity index (χ1n) is 6.33. The highest BCUT2D eigenvalue weighted by atomic mass is 79.9. The molecule has 1 nitrogen and oxygen atoms in total. The highest BCUT2D eigenvalue weighted by Crippen LogP contribution is 2.30. The Hall–Kier alpha value is -0.640. The molecule has 0 aliphatic carbocycles. The van der Waals surface area contributed by atoms with Crippen molar-refractivity contribution in [2.75, 3.05) is 13.1 Å². The lowest BCUT2D eigenvalue weighted by molar-refractivity contribution is 0.330. The van der Waals surface area contributed by atoms with Gasteiger partial charge in [-0.1, -0.05) is 30.3 Å². The molecule has 2 aromatic rings. The lowest BCUT2D eigenvalue weighted by atomic mass is 9.99. The molecule has 3 heteroatoms. The molecule has 18 heavy (non-hydrogen) atoms. The molecule has 1 aliphatic rings. The molecule has 0 bridgehead atoms. The van der Waals surface area contributed by atoms with E-state index in [0.29, 0.717) is 0 Å². The van der Waals surface area contributed by atoms with Crippen molar-refractivity contribution in [2.45, 2.75) is 18.9 Å². The quantitative estimate of drug-likeness (QED) is 0.804. The van der Waals surface area contributed by atoms with Gasteiger partial charge in [0, 0.05) is 18.0 Å². The van der Waals surface area contributed by atoms with E-state index in [4.69, 9.17) is 0 Å². The van der Waals surface area contributed by atoms with Gasteiger partial charge in [0.05, 0.1) is 3.79 Å². The Kier molecular flexibility index (Phi) is 3.83. The van der Waals surface area contributed by atoms with E-state index in [9.17, 15) is 0 Å². The Morgan fingerprint density at radius 1 is 1.17 bits per heavy atom. The van der Waals surface area contributed by atoms with Crippen LogP contribution in [0.1, 0.15) is 22.8 Å². The molecule has 0 amide bonds. The lowest BCUT2D eigenvalue weighted by Gasteiger charge is -2.15. The average molecular weight is 322 g/mol. The van der Waals surface area contributed by atoms with Gasteiger partial charge in [0.25, 0.3) is 0 Å². The fourth-order valence-corrected chi connectivity index (χ4v) is 4.16. The number of halogens is 1. The highest BCUT2D eigenvalue weighted by molar-refractivity contribution is 9.11. The van der Waals surface area contributed by atoms with Crippen LogP contribution in [0.25, 0.3) is 0 Å². The third-order valence-electron chi connectivity index (χ3n) is 3.55. The summed E-state index contributed by atoms with van der Waals surface area (Å²) >= 11 is 5.38. The topological polar surface area (TPSA) is 3.24 Å². The first kappa shape index (κ1) is 12.4. The molecule has 1 unspecified atom stereocenters. The predicted octanol–water partition coefficient (Wildman–Crippen LogP) is 4.50. The number of rotatable bonds is 3. The van der Waals surface area contributed by atoms with Gasteiger partial charge in [-0.15, -0.1) is 11.3 Å². The van der Waals surface area contributed by atoms with E-state index in [1.807, 2.05) is 11.3 Å². The van der Waals surface area contributed by atoms with Crippen molar-refractivity contribution in [1.29, 1.82) is 0 Å². The Morgan fingerprint density at radius 3 is 2.72 bits per heavy atom. The summed E-state index contributed by atoms with van der Waals surface area (Å²) in [5, 5.41) is 0. The summed E-state index contributed by atoms with van der Waals surface area (Å²) in [6, 6.07) is 15.3. The second-order valence-corrected chi connectivity index (χ2v) is 7.38. The van der Waals surface area contributed by atoms with Crippen molar-refractivity contribution >= 4 is 27.3 Å². The molecule has 1 atom stereocenters. The van der Waals surface area contributed by atoms with Crippen LogP contribution in [0.3, 0.4) is 0 Å². The average Bonchev–Trinajstić information content (AvgIpc) is 3.01. The van der Waals surface area contributed by atoms with Crippen molar-refractivity contribution in [1.82, 2.24) is 4.90 Å². The summed E-state index contributed by atoms with van der Waals surface area (Å²) in [6.07, 6.45) is 1.29. The zero-order valence-electron chi connectivity index (χ0n) is 10.2. The molecule has 1 aromatic carbocycles. The SMILES string of the molecule is Brc1ccc(CN2CCC(c3ccccc3)C2)s1. The van der Waals surface area contributed by atoms with Gasteiger partial charge in [0.1, 0.15) is 0 Å². The van der Waals surface area contributed by atoms with Gasteiger partial charge in [0.2, 0.25) is 0 Å². The van der Waals surface area contributed by atoms with E-state index < -0.39 is 0 Å². The summed E-state index contributed by atoms with van der Waals surface area (Å²) in [5.74, 6) is 0.717. The van der Waals surface area contributed by atoms with Crippen LogP contribution in [-0.2, 0) is 6.54 Å². The van der Waals surface area contributed by atoms with E-state index in [0.717, 1.165) is 12.5 Å². The molecule has 0 saturated carbocycles. The zero-order valence-corrected chi connectivity index (χ0v) is 12.6. The van der Waals surface area contributed by atoms with E-state index in [1.165, 1.54) is 33.7 Å². The normalized spacial score (nSPS) is 20.4. The van der Waals surface area contributed by atoms with Crippen LogP contribution < -0.4 is 0 Å². The second-order valence-electron chi connectivity index (χ2n) is 4.84. The fraction of sp³-hybridized carbons (Fsp3) is 0.333. The lowest BCUT2D eigenvalue weighted by Crippen LogP contribution is -2.19. The van der Waals surface area contributed by atoms with E-state index in [2.05, 4.69) is 63.3 Å². The zero-order chi connectivity index (χ0) is 12.4. The fourth-order valence-electron chi connectivity index (χ4n) is 2.63. The maximum absolute atomic E-state index is 3.53. The number of hydrogen-bond donors (Lipinski definition) is 0. The molecular weight excluding hydrogens is 306 g/mol. The smallest absolute Gasteiger partial charge is 0.0701 e. The Balaban J connectivity index is 1.62. The minimum absolute atomic E-state index is 0.717. The third-order valence-corrected chi connectivity index (χ3v) is 5.16. The Labute approximate surface area is 121 Å². The van der Waals surface area contributed by atoms with Crippen LogP contribution in [0.5, 0.6) is 0 Å². The van der Waals surface area contributed by atoms with Crippen molar-refractivity contribution < 1.29 is 0 Å². The Bertz CT molecular complexity index is 508. The van der Waals surface area contributed by atoms with Crippen LogP contribution in [0.4, 0.5) is 0 Å². The van der Waals surface area contributed by atoms with Crippen LogP contribution in [0.2, 0.25) is 0 Å². The first-order chi connectivity index (χ1) is 8.81. The maximum Gasteiger partial charge on any atom is 0.0701 e. The minimum Gasteiger partial charge on any atom is -0.298 e. The van der Waals surface area contributed by atoms with E-state index >= 15 is 0 Å². The van der Waals surface area contributed by atoms with Gasteiger partial charge in [-0.2, -0.15) is 0 Å². The van der Waals surface area contributed by atoms with E-state index in [1.54, 1.807) is 0 Å². The number of likely N-dealkylation sites (tertiary alicyclic amines) is 1. The summed E-state index contributed by atoms with van der Waals surface area (Å²) < 4.78 is 1.23. The van der Waals surface area contributed by atoms with Crippen molar-refractivity contribution in [3.05, 3.63) is 56.7 Å². The summed E-state index contributed by atoms with van der Waals surface area (Å²) in [5.41, 5.74) is 1.49. The number of nitrogens with zero attached hydrogens (tertiary/aromatic N) is 1. The van der Waals surface area contributed by atoms with Gasteiger partial charge < -0.3 is 0 Å². The Morgan fingerprint density at radius 2 is 2.00 bits per heavy atom. The number of thiophene rings is 1. The van der Waals surface area contributed by atoms with E-state index in [-0.39, 0.29) is 0 Å². The predicted molar refractivity (Wildman–Crippen MR) is 81.1 cm³/mol. The summed E-state index contributed by atoms with van der Waals surface area (Å²) in [6.45, 7) is 3.51. The van der Waals surface area contributed by atoms with Gasteiger partial charge in [-0.25, -0.2) is 0 Å². The van der Waals surface area contributed by atoms with Crippen LogP contribution in [-0.4, -0.2) is 18.0 Å². The first-order valence-corrected chi connectivity index (χ1v) is 7.94. The molecule has 2 heterocycles. The molecule has 94 valence electrons. The third kappa shape index (κ3) is 2.85. The van der Waals surface area contributed by atoms with Crippen LogP contribution in [0, 0.1) is 0 Å². The summed E-state index contributed by atoms with van der Waals surface area (Å²) in [7, 11) is 0. The van der Waals surface area contributed by atoms with Crippen molar-refractivity contribution in [3.8, 4) is 0 Å². The maximum atomic E-state index is 3.53. The van der Waals surface area contributed by atoms with Crippen molar-refractivity contribution in [2.24, 2.45) is 0 Å². The molecule has 3 rings (SSSR count). The number of benzene rings is 1. The van der Waals surface area contributed by atoms with Crippen LogP contribution in [0.15, 0.2) is 46.3 Å². The number of hydrogen-bond acceptors (Lipinski definition) is 2. The molecule has 1 aromatic heterocycles. The molecule has 0 N–H and O–H groups in total. The second kappa shape index (κ2) is 5.55. The van der Waals surface area contributed by atoms with Gasteiger partial charge >= 0.3 is 0 Å². The largest absolute Gasteiger partial charge is 0.298 e. The standard InChI is InChI=1S/C15H16BrNS/c16-15-7-6-14(18-15)11-17-9-8-13(10-17)12-4-2-1-3-5-12/h1-7,13H,8-11H2. The molecule has 1 fully saturated rings. The summed E-state index contributed by atoms with van der Waals surface area (Å²) in [4.78, 5) is 4.02. The van der Waals surface area contributed by atoms with Crippen LogP contribution >= 0.6 is 27.3 Å². The highest BCUT2D eigenvalue weighted by Gasteiger charge is 2.23. The van der Waals surface area contributed by atoms with Gasteiger partial charge in [-0.3, -0.25) is 4.90 Å². The van der Waals surface area contributed by atoms with Gasteiger partial charge in [0.15, 0.2) is 0 Å². The molecular formula is C15H16BrNS. The molecule has 0 radical (unpaired) electrons. The monoisotopic (exact) mass is 321 g/mol. The van der Waals surface area contributed by atoms with Crippen molar-refractivity contribution in [3.63, 3.8) is 0 Å². The molecule has 1 saturated heterocycles. The molecule has 1 aliphatic heterocycles. The van der Waals surface area contributed by atoms with Gasteiger partial charge in [-0.05, 0) is 52.5 Å². The minimum atomic E-state index is 0.717. The molecule has 0 spiro atoms.